The van der Waals surface area contributed by atoms with Gasteiger partial charge < -0.3 is 9.67 Å². The summed E-state index contributed by atoms with van der Waals surface area (Å²) < 4.78 is 24.6. The van der Waals surface area contributed by atoms with Gasteiger partial charge in [0.2, 0.25) is 5.82 Å². The zero-order valence-corrected chi connectivity index (χ0v) is 10.5. The monoisotopic (exact) mass is 258 g/mol. The fraction of sp³-hybridized carbons (Fsp3) is 0.600. The van der Waals surface area contributed by atoms with Crippen LogP contribution in [-0.2, 0) is 22.0 Å². The van der Waals surface area contributed by atoms with Crippen LogP contribution in [0.25, 0.3) is 0 Å². The van der Waals surface area contributed by atoms with Gasteiger partial charge in [0.05, 0.1) is 17.2 Å². The topological polar surface area (TPSA) is 89.3 Å². The number of nitrogens with zero attached hydrogens (tertiary/aromatic N) is 2. The Morgan fingerprint density at radius 3 is 2.65 bits per heavy atom. The van der Waals surface area contributed by atoms with E-state index in [-0.39, 0.29) is 23.4 Å². The Morgan fingerprint density at radius 2 is 2.12 bits per heavy atom. The van der Waals surface area contributed by atoms with Gasteiger partial charge in [-0.2, -0.15) is 0 Å². The summed E-state index contributed by atoms with van der Waals surface area (Å²) in [5, 5.41) is 9.06. The molecule has 1 N–H and O–H groups in total. The summed E-state index contributed by atoms with van der Waals surface area (Å²) in [5.41, 5.74) is 1.13. The third-order valence-corrected chi connectivity index (χ3v) is 4.35. The number of hydrogen-bond donors (Lipinski definition) is 1. The van der Waals surface area contributed by atoms with Crippen LogP contribution in [-0.4, -0.2) is 34.8 Å². The standard InChI is InChI=1S/C10H14N2O4S/c1-6(2)12-8-3-4-17(15,16)5-7(8)11-9(12)10(13)14/h6H,3-5H2,1-2H3,(H,13,14). The molecule has 2 rings (SSSR count). The molecular formula is C10H14N2O4S. The van der Waals surface area contributed by atoms with Crippen molar-refractivity contribution in [3.8, 4) is 0 Å². The van der Waals surface area contributed by atoms with Crippen molar-refractivity contribution in [3.05, 3.63) is 17.2 Å². The number of aromatic carboxylic acids is 1. The molecule has 0 aromatic carbocycles. The highest BCUT2D eigenvalue weighted by atomic mass is 32.2. The first-order valence-electron chi connectivity index (χ1n) is 5.35. The van der Waals surface area contributed by atoms with Crippen molar-refractivity contribution in [3.63, 3.8) is 0 Å². The molecule has 1 aromatic rings. The van der Waals surface area contributed by atoms with Gasteiger partial charge in [-0.3, -0.25) is 0 Å². The summed E-state index contributed by atoms with van der Waals surface area (Å²) >= 11 is 0. The number of imidazole rings is 1. The molecule has 94 valence electrons. The first kappa shape index (κ1) is 12.1. The van der Waals surface area contributed by atoms with Crippen LogP contribution in [0.3, 0.4) is 0 Å². The summed E-state index contributed by atoms with van der Waals surface area (Å²) in [4.78, 5) is 15.0. The van der Waals surface area contributed by atoms with Gasteiger partial charge in [0.1, 0.15) is 0 Å². The molecule has 1 aliphatic heterocycles. The van der Waals surface area contributed by atoms with E-state index in [4.69, 9.17) is 5.11 Å². The second-order valence-corrected chi connectivity index (χ2v) is 6.62. The van der Waals surface area contributed by atoms with E-state index in [2.05, 4.69) is 4.98 Å². The predicted molar refractivity (Wildman–Crippen MR) is 60.8 cm³/mol. The minimum Gasteiger partial charge on any atom is -0.475 e. The first-order chi connectivity index (χ1) is 7.82. The Labute approximate surface area is 99.2 Å². The maximum atomic E-state index is 11.5. The largest absolute Gasteiger partial charge is 0.475 e. The normalized spacial score (nSPS) is 18.1. The van der Waals surface area contributed by atoms with Crippen molar-refractivity contribution in [2.75, 3.05) is 5.75 Å². The number of carboxylic acids is 1. The van der Waals surface area contributed by atoms with Crippen LogP contribution in [0.4, 0.5) is 0 Å². The average Bonchev–Trinajstić information content (AvgIpc) is 2.54. The van der Waals surface area contributed by atoms with E-state index in [1.54, 1.807) is 4.57 Å². The Bertz CT molecular complexity index is 571. The maximum absolute atomic E-state index is 11.5. The molecule has 0 atom stereocenters. The number of fused-ring (bicyclic) bond motifs is 1. The third kappa shape index (κ3) is 2.06. The predicted octanol–water partition coefficient (Wildman–Crippen LogP) is 0.633. The van der Waals surface area contributed by atoms with Gasteiger partial charge in [-0.15, -0.1) is 0 Å². The molecule has 2 heterocycles. The molecule has 0 saturated carbocycles. The molecule has 6 nitrogen and oxygen atoms in total. The molecule has 17 heavy (non-hydrogen) atoms. The molecule has 0 saturated heterocycles. The van der Waals surface area contributed by atoms with Gasteiger partial charge in [0.15, 0.2) is 9.84 Å². The molecule has 1 aliphatic rings. The van der Waals surface area contributed by atoms with E-state index < -0.39 is 15.8 Å². The minimum absolute atomic E-state index is 0.0434. The van der Waals surface area contributed by atoms with E-state index >= 15 is 0 Å². The van der Waals surface area contributed by atoms with E-state index in [9.17, 15) is 13.2 Å². The van der Waals surface area contributed by atoms with Crippen LogP contribution >= 0.6 is 0 Å². The van der Waals surface area contributed by atoms with Crippen LogP contribution in [0.15, 0.2) is 0 Å². The SMILES string of the molecule is CC(C)n1c(C(=O)O)nc2c1CCS(=O)(=O)C2. The molecular weight excluding hydrogens is 244 g/mol. The van der Waals surface area contributed by atoms with Gasteiger partial charge in [-0.25, -0.2) is 18.2 Å². The zero-order chi connectivity index (χ0) is 12.8. The Hall–Kier alpha value is -1.37. The number of rotatable bonds is 2. The number of aromatic nitrogens is 2. The van der Waals surface area contributed by atoms with Crippen LogP contribution in [0.1, 0.15) is 41.9 Å². The molecule has 0 unspecified atom stereocenters. The molecule has 0 amide bonds. The first-order valence-corrected chi connectivity index (χ1v) is 7.17. The molecule has 0 fully saturated rings. The van der Waals surface area contributed by atoms with Crippen molar-refractivity contribution >= 4 is 15.8 Å². The van der Waals surface area contributed by atoms with Crippen molar-refractivity contribution in [1.82, 2.24) is 9.55 Å². The zero-order valence-electron chi connectivity index (χ0n) is 9.67. The lowest BCUT2D eigenvalue weighted by atomic mass is 10.2. The second kappa shape index (κ2) is 3.83. The summed E-state index contributed by atoms with van der Waals surface area (Å²) in [6, 6.07) is -0.0434. The molecule has 1 aromatic heterocycles. The summed E-state index contributed by atoms with van der Waals surface area (Å²) in [7, 11) is -3.12. The fourth-order valence-corrected chi connectivity index (χ4v) is 3.43. The second-order valence-electron chi connectivity index (χ2n) is 4.44. The Balaban J connectivity index is 2.61. The molecule has 7 heteroatoms. The van der Waals surface area contributed by atoms with E-state index in [0.29, 0.717) is 12.1 Å². The maximum Gasteiger partial charge on any atom is 0.372 e. The van der Waals surface area contributed by atoms with Crippen molar-refractivity contribution in [2.24, 2.45) is 0 Å². The van der Waals surface area contributed by atoms with Crippen LogP contribution in [0, 0.1) is 0 Å². The molecule has 0 spiro atoms. The number of hydrogen-bond acceptors (Lipinski definition) is 4. The van der Waals surface area contributed by atoms with Gasteiger partial charge in [0.25, 0.3) is 0 Å². The lowest BCUT2D eigenvalue weighted by Crippen LogP contribution is -2.22. The van der Waals surface area contributed by atoms with Gasteiger partial charge in [0, 0.05) is 18.2 Å². The van der Waals surface area contributed by atoms with Gasteiger partial charge in [-0.05, 0) is 13.8 Å². The van der Waals surface area contributed by atoms with Crippen LogP contribution in [0.5, 0.6) is 0 Å². The van der Waals surface area contributed by atoms with Gasteiger partial charge in [-0.1, -0.05) is 0 Å². The molecule has 0 radical (unpaired) electrons. The Morgan fingerprint density at radius 1 is 1.47 bits per heavy atom. The van der Waals surface area contributed by atoms with E-state index in [0.717, 1.165) is 5.69 Å². The molecule has 0 aliphatic carbocycles. The fourth-order valence-electron chi connectivity index (χ4n) is 2.13. The van der Waals surface area contributed by atoms with Crippen molar-refractivity contribution < 1.29 is 18.3 Å². The highest BCUT2D eigenvalue weighted by Gasteiger charge is 2.30. The lowest BCUT2D eigenvalue weighted by molar-refractivity contribution is 0.0675. The van der Waals surface area contributed by atoms with Crippen LogP contribution in [0.2, 0.25) is 0 Å². The van der Waals surface area contributed by atoms with Crippen molar-refractivity contribution in [2.45, 2.75) is 32.1 Å². The summed E-state index contributed by atoms with van der Waals surface area (Å²) in [6.07, 6.45) is 0.343. The quantitative estimate of drug-likeness (QED) is 0.840. The van der Waals surface area contributed by atoms with E-state index in [1.165, 1.54) is 0 Å². The minimum atomic E-state index is -3.12. The Kier molecular flexibility index (Phi) is 2.73. The highest BCUT2D eigenvalue weighted by Crippen LogP contribution is 2.25. The number of sulfone groups is 1. The van der Waals surface area contributed by atoms with Crippen LogP contribution < -0.4 is 0 Å². The lowest BCUT2D eigenvalue weighted by Gasteiger charge is -2.17. The number of carboxylic acid groups (broad SMARTS) is 1. The van der Waals surface area contributed by atoms with Crippen molar-refractivity contribution in [1.29, 1.82) is 0 Å². The summed E-state index contributed by atoms with van der Waals surface area (Å²) in [6.45, 7) is 3.72. The smallest absolute Gasteiger partial charge is 0.372 e. The highest BCUT2D eigenvalue weighted by molar-refractivity contribution is 7.90. The summed E-state index contributed by atoms with van der Waals surface area (Å²) in [5.74, 6) is -1.27. The molecule has 0 bridgehead atoms. The average molecular weight is 258 g/mol. The number of carbonyl (C=O) groups is 1. The van der Waals surface area contributed by atoms with Gasteiger partial charge >= 0.3 is 5.97 Å². The van der Waals surface area contributed by atoms with E-state index in [1.807, 2.05) is 13.8 Å². The third-order valence-electron chi connectivity index (χ3n) is 2.81.